The van der Waals surface area contributed by atoms with Gasteiger partial charge < -0.3 is 10.6 Å². The number of hydrogen-bond acceptors (Lipinski definition) is 2. The van der Waals surface area contributed by atoms with Crippen LogP contribution in [0.5, 0.6) is 0 Å². The molecule has 15 heavy (non-hydrogen) atoms. The lowest BCUT2D eigenvalue weighted by molar-refractivity contribution is -0.135. The Bertz CT molecular complexity index is 238. The Balaban J connectivity index is 1.97. The summed E-state index contributed by atoms with van der Waals surface area (Å²) in [5.74, 6) is 0.965. The molecule has 0 aromatic heterocycles. The molecule has 2 rings (SSSR count). The van der Waals surface area contributed by atoms with Gasteiger partial charge in [0.25, 0.3) is 0 Å². The summed E-state index contributed by atoms with van der Waals surface area (Å²) in [7, 11) is 0. The second-order valence-electron chi connectivity index (χ2n) is 4.95. The summed E-state index contributed by atoms with van der Waals surface area (Å²) in [4.78, 5) is 14.1. The first-order chi connectivity index (χ1) is 7.24. The van der Waals surface area contributed by atoms with E-state index in [4.69, 9.17) is 5.73 Å². The van der Waals surface area contributed by atoms with E-state index in [2.05, 4.69) is 4.90 Å². The SMILES string of the molecule is CC[C@H](N)C(=O)N1CCCC1C1CCC1. The van der Waals surface area contributed by atoms with Gasteiger partial charge in [-0.05, 0) is 38.0 Å². The molecule has 1 aliphatic heterocycles. The van der Waals surface area contributed by atoms with Gasteiger partial charge in [-0.2, -0.15) is 0 Å². The first-order valence-corrected chi connectivity index (χ1v) is 6.30. The number of carbonyl (C=O) groups excluding carboxylic acids is 1. The van der Waals surface area contributed by atoms with E-state index in [0.717, 1.165) is 18.9 Å². The minimum absolute atomic E-state index is 0.187. The third kappa shape index (κ3) is 2.03. The number of amides is 1. The van der Waals surface area contributed by atoms with Crippen LogP contribution in [0.3, 0.4) is 0 Å². The summed E-state index contributed by atoms with van der Waals surface area (Å²) in [6, 6.07) is 0.245. The molecular weight excluding hydrogens is 188 g/mol. The zero-order valence-electron chi connectivity index (χ0n) is 9.61. The van der Waals surface area contributed by atoms with Crippen molar-refractivity contribution in [2.24, 2.45) is 11.7 Å². The van der Waals surface area contributed by atoms with Crippen LogP contribution in [-0.2, 0) is 4.79 Å². The lowest BCUT2D eigenvalue weighted by Crippen LogP contribution is -2.49. The fourth-order valence-corrected chi connectivity index (χ4v) is 2.77. The number of likely N-dealkylation sites (tertiary alicyclic amines) is 1. The summed E-state index contributed by atoms with van der Waals surface area (Å²) in [5.41, 5.74) is 5.83. The summed E-state index contributed by atoms with van der Waals surface area (Å²) in [5, 5.41) is 0. The Morgan fingerprint density at radius 3 is 2.67 bits per heavy atom. The number of hydrogen-bond donors (Lipinski definition) is 1. The summed E-state index contributed by atoms with van der Waals surface area (Å²) < 4.78 is 0. The monoisotopic (exact) mass is 210 g/mol. The normalized spacial score (nSPS) is 28.9. The van der Waals surface area contributed by atoms with E-state index >= 15 is 0 Å². The van der Waals surface area contributed by atoms with Crippen molar-refractivity contribution in [1.82, 2.24) is 4.90 Å². The topological polar surface area (TPSA) is 46.3 Å². The molecule has 1 amide bonds. The van der Waals surface area contributed by atoms with Crippen molar-refractivity contribution in [3.05, 3.63) is 0 Å². The lowest BCUT2D eigenvalue weighted by Gasteiger charge is -2.37. The van der Waals surface area contributed by atoms with Crippen molar-refractivity contribution >= 4 is 5.91 Å². The van der Waals surface area contributed by atoms with E-state index < -0.39 is 0 Å². The average molecular weight is 210 g/mol. The zero-order chi connectivity index (χ0) is 10.8. The quantitative estimate of drug-likeness (QED) is 0.767. The highest BCUT2D eigenvalue weighted by Gasteiger charge is 2.38. The van der Waals surface area contributed by atoms with Crippen LogP contribution in [0.25, 0.3) is 0 Å². The number of rotatable bonds is 3. The van der Waals surface area contributed by atoms with Crippen molar-refractivity contribution in [3.8, 4) is 0 Å². The van der Waals surface area contributed by atoms with Gasteiger partial charge in [-0.1, -0.05) is 13.3 Å². The summed E-state index contributed by atoms with van der Waals surface area (Å²) in [6.07, 6.45) is 7.11. The lowest BCUT2D eigenvalue weighted by atomic mass is 9.78. The van der Waals surface area contributed by atoms with E-state index in [1.807, 2.05) is 6.92 Å². The molecule has 2 aliphatic rings. The largest absolute Gasteiger partial charge is 0.338 e. The van der Waals surface area contributed by atoms with Gasteiger partial charge in [-0.25, -0.2) is 0 Å². The van der Waals surface area contributed by atoms with Gasteiger partial charge in [-0.3, -0.25) is 4.79 Å². The molecule has 0 aromatic rings. The Morgan fingerprint density at radius 1 is 1.40 bits per heavy atom. The van der Waals surface area contributed by atoms with Gasteiger partial charge in [-0.15, -0.1) is 0 Å². The summed E-state index contributed by atoms with van der Waals surface area (Å²) >= 11 is 0. The van der Waals surface area contributed by atoms with Crippen molar-refractivity contribution in [2.45, 2.75) is 57.5 Å². The number of nitrogens with two attached hydrogens (primary N) is 1. The Hall–Kier alpha value is -0.570. The van der Waals surface area contributed by atoms with Crippen LogP contribution >= 0.6 is 0 Å². The Kier molecular flexibility index (Phi) is 3.29. The van der Waals surface area contributed by atoms with Gasteiger partial charge in [0.05, 0.1) is 6.04 Å². The van der Waals surface area contributed by atoms with Crippen LogP contribution in [0.4, 0.5) is 0 Å². The minimum atomic E-state index is -0.273. The molecule has 0 bridgehead atoms. The highest BCUT2D eigenvalue weighted by molar-refractivity contribution is 5.82. The molecule has 3 nitrogen and oxygen atoms in total. The molecule has 2 fully saturated rings. The van der Waals surface area contributed by atoms with E-state index in [1.54, 1.807) is 0 Å². The smallest absolute Gasteiger partial charge is 0.239 e. The van der Waals surface area contributed by atoms with Crippen molar-refractivity contribution in [2.75, 3.05) is 6.54 Å². The van der Waals surface area contributed by atoms with E-state index in [0.29, 0.717) is 6.04 Å². The second-order valence-corrected chi connectivity index (χ2v) is 4.95. The molecular formula is C12H22N2O. The number of carbonyl (C=O) groups is 1. The molecule has 2 N–H and O–H groups in total. The fraction of sp³-hybridized carbons (Fsp3) is 0.917. The highest BCUT2D eigenvalue weighted by Crippen LogP contribution is 2.37. The van der Waals surface area contributed by atoms with E-state index in [1.165, 1.54) is 32.1 Å². The highest BCUT2D eigenvalue weighted by atomic mass is 16.2. The maximum absolute atomic E-state index is 12.0. The molecule has 0 aromatic carbocycles. The fourth-order valence-electron chi connectivity index (χ4n) is 2.77. The molecule has 1 heterocycles. The van der Waals surface area contributed by atoms with Gasteiger partial charge >= 0.3 is 0 Å². The molecule has 86 valence electrons. The molecule has 2 atom stereocenters. The van der Waals surface area contributed by atoms with E-state index in [-0.39, 0.29) is 11.9 Å². The predicted octanol–water partition coefficient (Wildman–Crippen LogP) is 1.51. The molecule has 0 radical (unpaired) electrons. The summed E-state index contributed by atoms with van der Waals surface area (Å²) in [6.45, 7) is 2.92. The van der Waals surface area contributed by atoms with Crippen LogP contribution < -0.4 is 5.73 Å². The van der Waals surface area contributed by atoms with Gasteiger partial charge in [0.2, 0.25) is 5.91 Å². The average Bonchev–Trinajstić information content (AvgIpc) is 2.61. The van der Waals surface area contributed by atoms with Gasteiger partial charge in [0, 0.05) is 12.6 Å². The van der Waals surface area contributed by atoms with E-state index in [9.17, 15) is 4.79 Å². The predicted molar refractivity (Wildman–Crippen MR) is 60.3 cm³/mol. The van der Waals surface area contributed by atoms with Crippen LogP contribution in [-0.4, -0.2) is 29.4 Å². The second kappa shape index (κ2) is 4.52. The molecule has 3 heteroatoms. The molecule has 1 saturated heterocycles. The van der Waals surface area contributed by atoms with Crippen LogP contribution in [0, 0.1) is 5.92 Å². The number of nitrogens with zero attached hydrogens (tertiary/aromatic N) is 1. The van der Waals surface area contributed by atoms with Crippen LogP contribution in [0.15, 0.2) is 0 Å². The first kappa shape index (κ1) is 10.9. The first-order valence-electron chi connectivity index (χ1n) is 6.30. The Morgan fingerprint density at radius 2 is 2.13 bits per heavy atom. The van der Waals surface area contributed by atoms with Crippen molar-refractivity contribution in [3.63, 3.8) is 0 Å². The maximum atomic E-state index is 12.0. The third-order valence-electron chi connectivity index (χ3n) is 4.03. The van der Waals surface area contributed by atoms with Crippen molar-refractivity contribution in [1.29, 1.82) is 0 Å². The molecule has 1 unspecified atom stereocenters. The minimum Gasteiger partial charge on any atom is -0.338 e. The van der Waals surface area contributed by atoms with Gasteiger partial charge in [0.1, 0.15) is 0 Å². The third-order valence-corrected chi connectivity index (χ3v) is 4.03. The van der Waals surface area contributed by atoms with Crippen LogP contribution in [0.1, 0.15) is 45.4 Å². The standard InChI is InChI=1S/C12H22N2O/c1-2-10(13)12(15)14-8-4-7-11(14)9-5-3-6-9/h9-11H,2-8,13H2,1H3/t10-,11?/m0/s1. The van der Waals surface area contributed by atoms with Crippen molar-refractivity contribution < 1.29 is 4.79 Å². The zero-order valence-corrected chi connectivity index (χ0v) is 9.61. The molecule has 0 spiro atoms. The van der Waals surface area contributed by atoms with Gasteiger partial charge in [0.15, 0.2) is 0 Å². The maximum Gasteiger partial charge on any atom is 0.239 e. The Labute approximate surface area is 92.0 Å². The molecule has 1 saturated carbocycles. The van der Waals surface area contributed by atoms with Crippen LogP contribution in [0.2, 0.25) is 0 Å². The molecule has 1 aliphatic carbocycles.